The first kappa shape index (κ1) is 15.0. The molecule has 0 aromatic rings. The predicted molar refractivity (Wildman–Crippen MR) is 74.1 cm³/mol. The number of hydrogen-bond acceptors (Lipinski definition) is 2. The maximum Gasteiger partial charge on any atom is 0.0591 e. The monoisotopic (exact) mass is 241 g/mol. The van der Waals surface area contributed by atoms with Gasteiger partial charge in [-0.25, -0.2) is 0 Å². The second-order valence-corrected chi connectivity index (χ2v) is 6.68. The molecule has 1 saturated carbocycles. The lowest BCUT2D eigenvalue weighted by molar-refractivity contribution is 0.0669. The van der Waals surface area contributed by atoms with E-state index in [1.807, 2.05) is 13.8 Å². The molecule has 0 unspecified atom stereocenters. The van der Waals surface area contributed by atoms with E-state index >= 15 is 0 Å². The van der Waals surface area contributed by atoms with Gasteiger partial charge in [-0.15, -0.1) is 0 Å². The molecule has 2 nitrogen and oxygen atoms in total. The molecule has 2 N–H and O–H groups in total. The minimum absolute atomic E-state index is 0.488. The van der Waals surface area contributed by atoms with Crippen LogP contribution >= 0.6 is 0 Å². The molecule has 0 saturated heterocycles. The van der Waals surface area contributed by atoms with Gasteiger partial charge in [0.25, 0.3) is 0 Å². The van der Waals surface area contributed by atoms with E-state index in [2.05, 4.69) is 19.2 Å². The molecule has 0 aliphatic heterocycles. The van der Waals surface area contributed by atoms with Crippen LogP contribution in [0.3, 0.4) is 0 Å². The lowest BCUT2D eigenvalue weighted by Gasteiger charge is -2.19. The molecule has 0 bridgehead atoms. The van der Waals surface area contributed by atoms with Gasteiger partial charge in [-0.2, -0.15) is 0 Å². The lowest BCUT2D eigenvalue weighted by Crippen LogP contribution is -2.29. The summed E-state index contributed by atoms with van der Waals surface area (Å²) in [6, 6.07) is 0.721. The van der Waals surface area contributed by atoms with Gasteiger partial charge >= 0.3 is 0 Å². The van der Waals surface area contributed by atoms with Crippen LogP contribution in [0.1, 0.15) is 66.2 Å². The first-order valence-electron chi connectivity index (χ1n) is 7.34. The van der Waals surface area contributed by atoms with Gasteiger partial charge in [0, 0.05) is 6.04 Å². The molecule has 0 amide bonds. The standard InChI is InChI=1S/C15H31NO/c1-12(6-5-10-15(3,4)17)9-11-16-13(2)14-7-8-14/h12-14,16-17H,5-11H2,1-4H3/t12-,13+/m0/s1. The largest absolute Gasteiger partial charge is 0.390 e. The number of hydrogen-bond donors (Lipinski definition) is 2. The first-order chi connectivity index (χ1) is 7.88. The molecule has 0 heterocycles. The zero-order chi connectivity index (χ0) is 12.9. The Bertz CT molecular complexity index is 205. The molecule has 1 rings (SSSR count). The fourth-order valence-corrected chi connectivity index (χ4v) is 2.35. The summed E-state index contributed by atoms with van der Waals surface area (Å²) < 4.78 is 0. The number of nitrogens with one attached hydrogen (secondary N) is 1. The molecule has 0 spiro atoms. The Morgan fingerprint density at radius 2 is 1.88 bits per heavy atom. The Morgan fingerprint density at radius 1 is 1.24 bits per heavy atom. The quantitative estimate of drug-likeness (QED) is 0.649. The first-order valence-corrected chi connectivity index (χ1v) is 7.34. The van der Waals surface area contributed by atoms with E-state index in [0.717, 1.165) is 37.3 Å². The highest BCUT2D eigenvalue weighted by Gasteiger charge is 2.27. The van der Waals surface area contributed by atoms with E-state index in [1.54, 1.807) is 0 Å². The van der Waals surface area contributed by atoms with Crippen LogP contribution < -0.4 is 5.32 Å². The van der Waals surface area contributed by atoms with Crippen LogP contribution in [0.15, 0.2) is 0 Å². The Hall–Kier alpha value is -0.0800. The van der Waals surface area contributed by atoms with E-state index in [0.29, 0.717) is 0 Å². The highest BCUT2D eigenvalue weighted by Crippen LogP contribution is 2.32. The third-order valence-corrected chi connectivity index (χ3v) is 3.92. The Morgan fingerprint density at radius 3 is 2.41 bits per heavy atom. The van der Waals surface area contributed by atoms with Crippen molar-refractivity contribution in [3.05, 3.63) is 0 Å². The van der Waals surface area contributed by atoms with Gasteiger partial charge in [-0.1, -0.05) is 19.8 Å². The zero-order valence-electron chi connectivity index (χ0n) is 12.1. The molecule has 17 heavy (non-hydrogen) atoms. The van der Waals surface area contributed by atoms with E-state index in [1.165, 1.54) is 25.7 Å². The lowest BCUT2D eigenvalue weighted by atomic mass is 9.95. The van der Waals surface area contributed by atoms with E-state index in [9.17, 15) is 5.11 Å². The maximum absolute atomic E-state index is 9.64. The van der Waals surface area contributed by atoms with Gasteiger partial charge in [-0.05, 0) is 64.8 Å². The predicted octanol–water partition coefficient (Wildman–Crippen LogP) is 3.34. The molecule has 1 aliphatic carbocycles. The SMILES string of the molecule is C[C@@H](CCCC(C)(C)O)CCN[C@H](C)C1CC1. The van der Waals surface area contributed by atoms with Crippen molar-refractivity contribution in [1.82, 2.24) is 5.32 Å². The van der Waals surface area contributed by atoms with Crippen LogP contribution in [0, 0.1) is 11.8 Å². The van der Waals surface area contributed by atoms with Crippen molar-refractivity contribution >= 4 is 0 Å². The maximum atomic E-state index is 9.64. The summed E-state index contributed by atoms with van der Waals surface area (Å²) in [6.45, 7) is 9.60. The van der Waals surface area contributed by atoms with Crippen molar-refractivity contribution in [3.8, 4) is 0 Å². The third-order valence-electron chi connectivity index (χ3n) is 3.92. The van der Waals surface area contributed by atoms with Gasteiger partial charge in [0.15, 0.2) is 0 Å². The number of aliphatic hydroxyl groups is 1. The molecule has 0 radical (unpaired) electrons. The van der Waals surface area contributed by atoms with Gasteiger partial charge in [0.05, 0.1) is 5.60 Å². The summed E-state index contributed by atoms with van der Waals surface area (Å²) in [7, 11) is 0. The number of rotatable bonds is 9. The summed E-state index contributed by atoms with van der Waals surface area (Å²) in [5.41, 5.74) is -0.488. The van der Waals surface area contributed by atoms with Gasteiger partial charge in [0.2, 0.25) is 0 Å². The van der Waals surface area contributed by atoms with Crippen LogP contribution in [0.4, 0.5) is 0 Å². The summed E-state index contributed by atoms with van der Waals surface area (Å²) in [6.07, 6.45) is 7.42. The van der Waals surface area contributed by atoms with Crippen LogP contribution in [-0.4, -0.2) is 23.3 Å². The van der Waals surface area contributed by atoms with E-state index in [-0.39, 0.29) is 0 Å². The second kappa shape index (κ2) is 6.75. The molecular weight excluding hydrogens is 210 g/mol. The second-order valence-electron chi connectivity index (χ2n) is 6.68. The van der Waals surface area contributed by atoms with Crippen molar-refractivity contribution in [2.45, 2.75) is 77.9 Å². The Balaban J connectivity index is 1.95. The zero-order valence-corrected chi connectivity index (χ0v) is 12.1. The Kier molecular flexibility index (Phi) is 5.94. The smallest absolute Gasteiger partial charge is 0.0591 e. The van der Waals surface area contributed by atoms with E-state index < -0.39 is 5.60 Å². The summed E-state index contributed by atoms with van der Waals surface area (Å²) in [5.74, 6) is 1.73. The minimum Gasteiger partial charge on any atom is -0.390 e. The molecule has 1 fully saturated rings. The molecular formula is C15H31NO. The Labute approximate surface area is 107 Å². The molecule has 2 heteroatoms. The van der Waals surface area contributed by atoms with Crippen LogP contribution in [0.5, 0.6) is 0 Å². The fraction of sp³-hybridized carbons (Fsp3) is 1.00. The van der Waals surface area contributed by atoms with Gasteiger partial charge < -0.3 is 10.4 Å². The average molecular weight is 241 g/mol. The van der Waals surface area contributed by atoms with Crippen molar-refractivity contribution in [1.29, 1.82) is 0 Å². The van der Waals surface area contributed by atoms with Gasteiger partial charge in [-0.3, -0.25) is 0 Å². The third kappa shape index (κ3) is 7.77. The highest BCUT2D eigenvalue weighted by molar-refractivity contribution is 4.83. The molecule has 0 aromatic carbocycles. The van der Waals surface area contributed by atoms with Crippen LogP contribution in [0.2, 0.25) is 0 Å². The topological polar surface area (TPSA) is 32.3 Å². The highest BCUT2D eigenvalue weighted by atomic mass is 16.3. The van der Waals surface area contributed by atoms with Crippen molar-refractivity contribution in [3.63, 3.8) is 0 Å². The van der Waals surface area contributed by atoms with Crippen molar-refractivity contribution < 1.29 is 5.11 Å². The molecule has 2 atom stereocenters. The summed E-state index contributed by atoms with van der Waals surface area (Å²) >= 11 is 0. The molecule has 0 aromatic heterocycles. The molecule has 1 aliphatic rings. The minimum atomic E-state index is -0.488. The summed E-state index contributed by atoms with van der Waals surface area (Å²) in [5, 5.41) is 13.3. The average Bonchev–Trinajstić information content (AvgIpc) is 2.98. The van der Waals surface area contributed by atoms with Crippen molar-refractivity contribution in [2.24, 2.45) is 11.8 Å². The fourth-order valence-electron chi connectivity index (χ4n) is 2.35. The normalized spacial score (nSPS) is 20.3. The summed E-state index contributed by atoms with van der Waals surface area (Å²) in [4.78, 5) is 0. The van der Waals surface area contributed by atoms with Crippen LogP contribution in [-0.2, 0) is 0 Å². The van der Waals surface area contributed by atoms with Crippen LogP contribution in [0.25, 0.3) is 0 Å². The van der Waals surface area contributed by atoms with E-state index in [4.69, 9.17) is 0 Å². The van der Waals surface area contributed by atoms with Crippen molar-refractivity contribution in [2.75, 3.05) is 6.54 Å². The van der Waals surface area contributed by atoms with Gasteiger partial charge in [0.1, 0.15) is 0 Å². The molecule has 102 valence electrons.